The summed E-state index contributed by atoms with van der Waals surface area (Å²) in [7, 11) is 1.67. The Bertz CT molecular complexity index is 796. The fraction of sp³-hybridized carbons (Fsp3) is 0.450. The van der Waals surface area contributed by atoms with Crippen molar-refractivity contribution in [1.29, 1.82) is 0 Å². The van der Waals surface area contributed by atoms with Gasteiger partial charge in [0.15, 0.2) is 5.96 Å². The number of carbonyl (C=O) groups is 1. The van der Waals surface area contributed by atoms with E-state index >= 15 is 0 Å². The predicted octanol–water partition coefficient (Wildman–Crippen LogP) is 1.92. The summed E-state index contributed by atoms with van der Waals surface area (Å²) >= 11 is 0. The molecule has 29 heavy (non-hydrogen) atoms. The standard InChI is InChI=1S/C20H28N6O2.HI/c1-15-16(2)28-18(24-15)13-22-20(21-3)23-14-19(27)26-11-9-25(10-12-26)17-7-5-4-6-8-17;/h4-8H,9-14H2,1-3H3,(H2,21,22,23);1H. The van der Waals surface area contributed by atoms with Crippen LogP contribution in [0.2, 0.25) is 0 Å². The van der Waals surface area contributed by atoms with Gasteiger partial charge in [-0.05, 0) is 26.0 Å². The van der Waals surface area contributed by atoms with Crippen LogP contribution in [0.5, 0.6) is 0 Å². The summed E-state index contributed by atoms with van der Waals surface area (Å²) < 4.78 is 5.54. The second-order valence-corrected chi connectivity index (χ2v) is 6.73. The van der Waals surface area contributed by atoms with E-state index in [1.165, 1.54) is 5.69 Å². The molecule has 2 N–H and O–H groups in total. The van der Waals surface area contributed by atoms with Crippen LogP contribution in [0, 0.1) is 13.8 Å². The molecule has 0 atom stereocenters. The van der Waals surface area contributed by atoms with Crippen molar-refractivity contribution < 1.29 is 9.21 Å². The number of guanidine groups is 1. The Labute approximate surface area is 188 Å². The van der Waals surface area contributed by atoms with E-state index in [1.807, 2.05) is 36.9 Å². The Balaban J connectivity index is 0.00000300. The Morgan fingerprint density at radius 3 is 2.41 bits per heavy atom. The van der Waals surface area contributed by atoms with E-state index < -0.39 is 0 Å². The highest BCUT2D eigenvalue weighted by molar-refractivity contribution is 14.0. The number of carbonyl (C=O) groups excluding carboxylic acids is 1. The number of aliphatic imine (C=N–C) groups is 1. The minimum absolute atomic E-state index is 0. The predicted molar refractivity (Wildman–Crippen MR) is 125 cm³/mol. The molecule has 3 rings (SSSR count). The lowest BCUT2D eigenvalue weighted by Crippen LogP contribution is -2.52. The second-order valence-electron chi connectivity index (χ2n) is 6.73. The van der Waals surface area contributed by atoms with Crippen molar-refractivity contribution in [2.24, 2.45) is 4.99 Å². The molecule has 1 amide bonds. The van der Waals surface area contributed by atoms with Gasteiger partial charge in [-0.1, -0.05) is 18.2 Å². The fourth-order valence-electron chi connectivity index (χ4n) is 3.12. The van der Waals surface area contributed by atoms with E-state index in [1.54, 1.807) is 7.05 Å². The zero-order valence-corrected chi connectivity index (χ0v) is 19.5. The van der Waals surface area contributed by atoms with E-state index in [2.05, 4.69) is 37.6 Å². The topological polar surface area (TPSA) is 86.0 Å². The van der Waals surface area contributed by atoms with Crippen LogP contribution in [-0.4, -0.2) is 61.5 Å². The lowest BCUT2D eigenvalue weighted by Gasteiger charge is -2.36. The van der Waals surface area contributed by atoms with E-state index in [0.29, 0.717) is 18.4 Å². The SMILES string of the molecule is CN=C(NCC(=O)N1CCN(c2ccccc2)CC1)NCc1nc(C)c(C)o1.I. The third-order valence-electron chi connectivity index (χ3n) is 4.86. The van der Waals surface area contributed by atoms with Gasteiger partial charge >= 0.3 is 0 Å². The first-order valence-electron chi connectivity index (χ1n) is 9.52. The van der Waals surface area contributed by atoms with Gasteiger partial charge in [0.05, 0.1) is 18.8 Å². The van der Waals surface area contributed by atoms with Crippen molar-refractivity contribution in [3.05, 3.63) is 47.7 Å². The lowest BCUT2D eigenvalue weighted by molar-refractivity contribution is -0.130. The molecule has 0 saturated carbocycles. The van der Waals surface area contributed by atoms with Gasteiger partial charge in [0.1, 0.15) is 5.76 Å². The molecule has 0 aliphatic carbocycles. The van der Waals surface area contributed by atoms with E-state index in [9.17, 15) is 4.79 Å². The number of hydrogen-bond donors (Lipinski definition) is 2. The highest BCUT2D eigenvalue weighted by Crippen LogP contribution is 2.15. The highest BCUT2D eigenvalue weighted by atomic mass is 127. The zero-order valence-electron chi connectivity index (χ0n) is 17.1. The summed E-state index contributed by atoms with van der Waals surface area (Å²) in [5, 5.41) is 6.18. The molecular weight excluding hydrogens is 483 g/mol. The number of anilines is 1. The van der Waals surface area contributed by atoms with Crippen LogP contribution in [0.15, 0.2) is 39.7 Å². The van der Waals surface area contributed by atoms with Crippen LogP contribution < -0.4 is 15.5 Å². The number of rotatable bonds is 5. The van der Waals surface area contributed by atoms with E-state index in [-0.39, 0.29) is 36.4 Å². The molecular formula is C20H29IN6O2. The lowest BCUT2D eigenvalue weighted by atomic mass is 10.2. The molecule has 1 aliphatic heterocycles. The molecule has 9 heteroatoms. The first kappa shape index (κ1) is 23.0. The molecule has 0 spiro atoms. The number of hydrogen-bond acceptors (Lipinski definition) is 5. The molecule has 8 nitrogen and oxygen atoms in total. The number of benzene rings is 1. The zero-order chi connectivity index (χ0) is 19.9. The largest absolute Gasteiger partial charge is 0.444 e. The Hall–Kier alpha value is -2.30. The van der Waals surface area contributed by atoms with Crippen LogP contribution in [0.1, 0.15) is 17.3 Å². The Morgan fingerprint density at radius 2 is 1.83 bits per heavy atom. The maximum atomic E-state index is 12.5. The van der Waals surface area contributed by atoms with Crippen molar-refractivity contribution >= 4 is 41.5 Å². The molecule has 0 unspecified atom stereocenters. The third kappa shape index (κ3) is 6.34. The van der Waals surface area contributed by atoms with Gasteiger partial charge in [0, 0.05) is 38.9 Å². The smallest absolute Gasteiger partial charge is 0.242 e. The van der Waals surface area contributed by atoms with E-state index in [0.717, 1.165) is 37.6 Å². The first-order chi connectivity index (χ1) is 13.6. The van der Waals surface area contributed by atoms with Crippen LogP contribution in [-0.2, 0) is 11.3 Å². The summed E-state index contributed by atoms with van der Waals surface area (Å²) in [6.07, 6.45) is 0. The maximum absolute atomic E-state index is 12.5. The molecule has 1 aromatic heterocycles. The summed E-state index contributed by atoms with van der Waals surface area (Å²) in [4.78, 5) is 25.2. The number of nitrogens with one attached hydrogen (secondary N) is 2. The third-order valence-corrected chi connectivity index (χ3v) is 4.86. The molecule has 2 heterocycles. The van der Waals surface area contributed by atoms with Crippen molar-refractivity contribution in [1.82, 2.24) is 20.5 Å². The number of para-hydroxylation sites is 1. The van der Waals surface area contributed by atoms with Gasteiger partial charge in [0.25, 0.3) is 0 Å². The highest BCUT2D eigenvalue weighted by Gasteiger charge is 2.21. The van der Waals surface area contributed by atoms with Crippen LogP contribution >= 0.6 is 24.0 Å². The summed E-state index contributed by atoms with van der Waals surface area (Å²) in [5.74, 6) is 2.02. The minimum Gasteiger partial charge on any atom is -0.444 e. The average Bonchev–Trinajstić information content (AvgIpc) is 3.06. The number of halogens is 1. The Kier molecular flexibility index (Phi) is 8.74. The van der Waals surface area contributed by atoms with Gasteiger partial charge in [-0.15, -0.1) is 24.0 Å². The number of aryl methyl sites for hydroxylation is 2. The van der Waals surface area contributed by atoms with Crippen molar-refractivity contribution in [2.45, 2.75) is 20.4 Å². The second kappa shape index (κ2) is 11.0. The minimum atomic E-state index is 0. The van der Waals surface area contributed by atoms with Crippen molar-refractivity contribution in [3.63, 3.8) is 0 Å². The monoisotopic (exact) mass is 512 g/mol. The quantitative estimate of drug-likeness (QED) is 0.362. The average molecular weight is 512 g/mol. The summed E-state index contributed by atoms with van der Waals surface area (Å²) in [5.41, 5.74) is 2.08. The van der Waals surface area contributed by atoms with Crippen LogP contribution in [0.25, 0.3) is 0 Å². The summed E-state index contributed by atoms with van der Waals surface area (Å²) in [6.45, 7) is 7.53. The summed E-state index contributed by atoms with van der Waals surface area (Å²) in [6, 6.07) is 10.3. The molecule has 0 bridgehead atoms. The molecule has 1 fully saturated rings. The number of aromatic nitrogens is 1. The maximum Gasteiger partial charge on any atom is 0.242 e. The molecule has 1 aromatic carbocycles. The van der Waals surface area contributed by atoms with Crippen molar-refractivity contribution in [2.75, 3.05) is 44.7 Å². The number of oxazole rings is 1. The fourth-order valence-corrected chi connectivity index (χ4v) is 3.12. The van der Waals surface area contributed by atoms with Gasteiger partial charge < -0.3 is 24.9 Å². The Morgan fingerprint density at radius 1 is 1.14 bits per heavy atom. The van der Waals surface area contributed by atoms with Gasteiger partial charge in [-0.3, -0.25) is 9.79 Å². The first-order valence-corrected chi connectivity index (χ1v) is 9.52. The molecule has 2 aromatic rings. The van der Waals surface area contributed by atoms with Crippen LogP contribution in [0.4, 0.5) is 5.69 Å². The van der Waals surface area contributed by atoms with Crippen molar-refractivity contribution in [3.8, 4) is 0 Å². The van der Waals surface area contributed by atoms with Gasteiger partial charge in [0.2, 0.25) is 11.8 Å². The van der Waals surface area contributed by atoms with Gasteiger partial charge in [-0.2, -0.15) is 0 Å². The number of amides is 1. The molecule has 1 saturated heterocycles. The molecule has 1 aliphatic rings. The normalized spacial score (nSPS) is 14.4. The van der Waals surface area contributed by atoms with E-state index in [4.69, 9.17) is 4.42 Å². The molecule has 158 valence electrons. The number of piperazine rings is 1. The van der Waals surface area contributed by atoms with Gasteiger partial charge in [-0.25, -0.2) is 4.98 Å². The van der Waals surface area contributed by atoms with Crippen LogP contribution in [0.3, 0.4) is 0 Å². The molecule has 0 radical (unpaired) electrons. The number of nitrogens with zero attached hydrogens (tertiary/aromatic N) is 4.